The predicted octanol–water partition coefficient (Wildman–Crippen LogP) is 13.9. The van der Waals surface area contributed by atoms with Gasteiger partial charge in [-0.25, -0.2) is 0 Å². The Morgan fingerprint density at radius 2 is 1.23 bits per heavy atom. The number of rotatable bonds is 1. The van der Waals surface area contributed by atoms with Crippen LogP contribution in [0.5, 0.6) is 0 Å². The van der Waals surface area contributed by atoms with Crippen molar-refractivity contribution < 1.29 is 9.21 Å². The number of aryl methyl sites for hydroxylation is 2. The van der Waals surface area contributed by atoms with Crippen molar-refractivity contribution in [1.82, 2.24) is 4.40 Å². The Morgan fingerprint density at radius 1 is 0.554 bits per heavy atom. The van der Waals surface area contributed by atoms with Crippen LogP contribution in [0.4, 0.5) is 0 Å². The first kappa shape index (κ1) is 32.8. The standard InChI is InChI=1S/C53H47NO2/c1-28-14-13-15-29(2)40(28)45-44-43-37(21-20-35-46(43)53(8)24-22-52(35,7)23-25-53)54-38-27-32-36(51(5,6)50(3,4)34-18-11-9-16-30(34)48(32)55)26-33(38)41(47(44)54)42-31-17-10-12-19-39(31)56-49(42)45/h9-21,26-27H,22-25H2,1-8H3. The first-order chi connectivity index (χ1) is 26.8. The lowest BCUT2D eigenvalue weighted by atomic mass is 9.52. The first-order valence-electron chi connectivity index (χ1n) is 20.7. The lowest BCUT2D eigenvalue weighted by Gasteiger charge is -2.52. The van der Waals surface area contributed by atoms with Crippen molar-refractivity contribution in [3.63, 3.8) is 0 Å². The zero-order valence-electron chi connectivity index (χ0n) is 33.8. The van der Waals surface area contributed by atoms with Crippen LogP contribution in [0.2, 0.25) is 0 Å². The molecule has 4 aliphatic rings. The molecule has 0 atom stereocenters. The summed E-state index contributed by atoms with van der Waals surface area (Å²) in [5.74, 6) is 0.117. The van der Waals surface area contributed by atoms with Crippen molar-refractivity contribution in [2.45, 2.75) is 103 Å². The van der Waals surface area contributed by atoms with E-state index in [0.29, 0.717) is 0 Å². The molecular formula is C53H47NO2. The van der Waals surface area contributed by atoms with Crippen LogP contribution >= 0.6 is 0 Å². The van der Waals surface area contributed by atoms with E-state index in [4.69, 9.17) is 4.42 Å². The molecule has 4 aliphatic carbocycles. The topological polar surface area (TPSA) is 34.6 Å². The minimum Gasteiger partial charge on any atom is -0.455 e. The van der Waals surface area contributed by atoms with E-state index >= 15 is 4.79 Å². The zero-order valence-corrected chi connectivity index (χ0v) is 33.8. The number of furan rings is 1. The second kappa shape index (κ2) is 10.1. The number of carbonyl (C=O) groups is 1. The van der Waals surface area contributed by atoms with Crippen molar-refractivity contribution in [3.05, 3.63) is 136 Å². The fourth-order valence-electron chi connectivity index (χ4n) is 12.2. The first-order valence-corrected chi connectivity index (χ1v) is 20.7. The lowest BCUT2D eigenvalue weighted by Crippen LogP contribution is -2.44. The van der Waals surface area contributed by atoms with Crippen molar-refractivity contribution in [1.29, 1.82) is 0 Å². The average molecular weight is 730 g/mol. The molecule has 1 saturated carbocycles. The molecule has 13 rings (SSSR count). The van der Waals surface area contributed by atoms with Crippen molar-refractivity contribution in [3.8, 4) is 11.1 Å². The van der Waals surface area contributed by atoms with Crippen LogP contribution in [0.25, 0.3) is 71.2 Å². The maximum absolute atomic E-state index is 15.0. The summed E-state index contributed by atoms with van der Waals surface area (Å²) in [7, 11) is 0. The molecule has 0 unspecified atom stereocenters. The van der Waals surface area contributed by atoms with Gasteiger partial charge in [0.15, 0.2) is 5.78 Å². The van der Waals surface area contributed by atoms with Crippen LogP contribution in [0.1, 0.15) is 117 Å². The van der Waals surface area contributed by atoms with E-state index in [2.05, 4.69) is 139 Å². The van der Waals surface area contributed by atoms with Crippen molar-refractivity contribution >= 4 is 65.8 Å². The van der Waals surface area contributed by atoms with Crippen LogP contribution in [-0.2, 0) is 21.7 Å². The van der Waals surface area contributed by atoms with Gasteiger partial charge in [-0.15, -0.1) is 0 Å². The summed E-state index contributed by atoms with van der Waals surface area (Å²) in [6, 6.07) is 33.2. The SMILES string of the molecule is Cc1cccc(C)c1-c1c2oc3ccccc3c2c2c3cc4c(cc3n3c5ccc6c(c5c1c23)C1(C)CCC6(C)CC1)C(=O)c1ccccc1C(C)(C)C4(C)C. The van der Waals surface area contributed by atoms with Gasteiger partial charge in [0, 0.05) is 49.0 Å². The summed E-state index contributed by atoms with van der Waals surface area (Å²) < 4.78 is 9.77. The summed E-state index contributed by atoms with van der Waals surface area (Å²) >= 11 is 0. The van der Waals surface area contributed by atoms with Gasteiger partial charge in [-0.2, -0.15) is 0 Å². The number of aromatic nitrogens is 1. The molecule has 3 heteroatoms. The summed E-state index contributed by atoms with van der Waals surface area (Å²) in [6.45, 7) is 18.9. The Hall–Kier alpha value is -5.41. The zero-order chi connectivity index (χ0) is 38.4. The molecule has 3 heterocycles. The van der Waals surface area contributed by atoms with E-state index in [1.807, 2.05) is 12.1 Å². The Bertz CT molecular complexity index is 3240. The van der Waals surface area contributed by atoms with Gasteiger partial charge in [0.25, 0.3) is 0 Å². The number of hydrogen-bond acceptors (Lipinski definition) is 2. The molecule has 2 bridgehead atoms. The monoisotopic (exact) mass is 729 g/mol. The molecule has 0 aliphatic heterocycles. The number of benzene rings is 6. The second-order valence-electron chi connectivity index (χ2n) is 19.4. The summed E-state index contributed by atoms with van der Waals surface area (Å²) in [4.78, 5) is 15.0. The van der Waals surface area contributed by atoms with E-state index < -0.39 is 0 Å². The molecule has 56 heavy (non-hydrogen) atoms. The maximum Gasteiger partial charge on any atom is 0.193 e. The second-order valence-corrected chi connectivity index (χ2v) is 19.4. The number of carbonyl (C=O) groups excluding carboxylic acids is 1. The van der Waals surface area contributed by atoms with Gasteiger partial charge < -0.3 is 8.82 Å². The highest BCUT2D eigenvalue weighted by molar-refractivity contribution is 6.40. The van der Waals surface area contributed by atoms with Crippen LogP contribution in [0.3, 0.4) is 0 Å². The van der Waals surface area contributed by atoms with Gasteiger partial charge in [-0.1, -0.05) is 108 Å². The van der Waals surface area contributed by atoms with Gasteiger partial charge >= 0.3 is 0 Å². The molecule has 9 aromatic rings. The molecule has 0 saturated heterocycles. The molecule has 0 spiro atoms. The van der Waals surface area contributed by atoms with E-state index in [9.17, 15) is 0 Å². The van der Waals surface area contributed by atoms with Crippen LogP contribution < -0.4 is 0 Å². The van der Waals surface area contributed by atoms with Gasteiger partial charge in [0.2, 0.25) is 0 Å². The van der Waals surface area contributed by atoms with Crippen molar-refractivity contribution in [2.24, 2.45) is 0 Å². The van der Waals surface area contributed by atoms with E-state index in [1.54, 1.807) is 5.56 Å². The van der Waals surface area contributed by atoms with Gasteiger partial charge in [-0.3, -0.25) is 4.79 Å². The third kappa shape index (κ3) is 3.61. The molecule has 1 fully saturated rings. The van der Waals surface area contributed by atoms with E-state index in [1.165, 1.54) is 91.5 Å². The normalized spacial score (nSPS) is 22.5. The van der Waals surface area contributed by atoms with Crippen LogP contribution in [0, 0.1) is 13.8 Å². The Labute approximate surface area is 327 Å². The Balaban J connectivity index is 1.39. The number of para-hydroxylation sites is 1. The average Bonchev–Trinajstić information content (AvgIpc) is 3.83. The molecular weight excluding hydrogens is 683 g/mol. The molecule has 3 aromatic heterocycles. The fraction of sp³-hybridized carbons (Fsp3) is 0.302. The number of hydrogen-bond donors (Lipinski definition) is 0. The quantitative estimate of drug-likeness (QED) is 0.169. The molecule has 3 nitrogen and oxygen atoms in total. The van der Waals surface area contributed by atoms with Gasteiger partial charge in [0.05, 0.1) is 16.6 Å². The van der Waals surface area contributed by atoms with Gasteiger partial charge in [0.1, 0.15) is 11.2 Å². The molecule has 276 valence electrons. The highest BCUT2D eigenvalue weighted by atomic mass is 16.3. The lowest BCUT2D eigenvalue weighted by molar-refractivity contribution is 0.103. The number of ketones is 1. The third-order valence-corrected chi connectivity index (χ3v) is 16.1. The summed E-state index contributed by atoms with van der Waals surface area (Å²) in [6.07, 6.45) is 4.86. The summed E-state index contributed by atoms with van der Waals surface area (Å²) in [5, 5.41) is 7.41. The molecule has 6 aromatic carbocycles. The van der Waals surface area contributed by atoms with Crippen LogP contribution in [0.15, 0.2) is 95.4 Å². The molecule has 0 N–H and O–H groups in total. The van der Waals surface area contributed by atoms with Crippen molar-refractivity contribution in [2.75, 3.05) is 0 Å². The molecule has 0 amide bonds. The largest absolute Gasteiger partial charge is 0.455 e. The fourth-order valence-corrected chi connectivity index (χ4v) is 12.2. The van der Waals surface area contributed by atoms with E-state index in [0.717, 1.165) is 44.3 Å². The predicted molar refractivity (Wildman–Crippen MR) is 232 cm³/mol. The number of fused-ring (bicyclic) bond motifs is 14. The summed E-state index contributed by atoms with van der Waals surface area (Å²) in [5.41, 5.74) is 17.0. The minimum atomic E-state index is -0.351. The van der Waals surface area contributed by atoms with Crippen LogP contribution in [-0.4, -0.2) is 10.2 Å². The minimum absolute atomic E-state index is 0.0812. The molecule has 0 radical (unpaired) electrons. The highest BCUT2D eigenvalue weighted by Gasteiger charge is 2.50. The smallest absolute Gasteiger partial charge is 0.193 e. The Kier molecular flexibility index (Phi) is 5.92. The van der Waals surface area contributed by atoms with E-state index in [-0.39, 0.29) is 27.4 Å². The maximum atomic E-state index is 15.0. The van der Waals surface area contributed by atoms with Gasteiger partial charge in [-0.05, 0) is 124 Å². The third-order valence-electron chi connectivity index (χ3n) is 16.1. The Morgan fingerprint density at radius 3 is 2.00 bits per heavy atom. The number of nitrogens with zero attached hydrogens (tertiary/aromatic N) is 1. The highest BCUT2D eigenvalue weighted by Crippen LogP contribution is 2.61.